The maximum absolute atomic E-state index is 11.4. The van der Waals surface area contributed by atoms with E-state index in [1.165, 1.54) is 0 Å². The first kappa shape index (κ1) is 14.7. The molecule has 2 heterocycles. The van der Waals surface area contributed by atoms with Gasteiger partial charge in [-0.1, -0.05) is 0 Å². The monoisotopic (exact) mass is 281 g/mol. The molecule has 6 heteroatoms. The lowest BCUT2D eigenvalue weighted by molar-refractivity contribution is 0.00578. The number of aromatic nitrogens is 1. The summed E-state index contributed by atoms with van der Waals surface area (Å²) in [6.45, 7) is 9.98. The van der Waals surface area contributed by atoms with Gasteiger partial charge in [-0.15, -0.1) is 0 Å². The van der Waals surface area contributed by atoms with Gasteiger partial charge < -0.3 is 9.31 Å². The van der Waals surface area contributed by atoms with E-state index < -0.39 is 17.9 Å². The molecule has 0 saturated carbocycles. The summed E-state index contributed by atoms with van der Waals surface area (Å²) in [5.74, 6) is 0. The Balaban J connectivity index is 2.33. The van der Waals surface area contributed by atoms with Gasteiger partial charge in [0, 0.05) is 12.5 Å². The van der Waals surface area contributed by atoms with Crippen molar-refractivity contribution in [3.8, 4) is 0 Å². The van der Waals surface area contributed by atoms with Gasteiger partial charge in [0.15, 0.2) is 0 Å². The Morgan fingerprint density at radius 2 is 1.74 bits per heavy atom. The maximum atomic E-state index is 11.4. The van der Waals surface area contributed by atoms with Crippen molar-refractivity contribution in [3.05, 3.63) is 17.8 Å². The average molecular weight is 281 g/mol. The molecule has 0 spiro atoms. The van der Waals surface area contributed by atoms with E-state index in [0.29, 0.717) is 0 Å². The Morgan fingerprint density at radius 1 is 1.21 bits per heavy atom. The standard InChI is InChI=1S/C13H20BNO3S/c1-9-7-10(19(6)16)8-15-11(9)14-17-12(2,3)13(4,5)18-14/h7-8H,1-6H3. The van der Waals surface area contributed by atoms with E-state index in [0.717, 1.165) is 16.1 Å². The highest BCUT2D eigenvalue weighted by atomic mass is 32.2. The molecule has 1 fully saturated rings. The fraction of sp³-hybridized carbons (Fsp3) is 0.615. The van der Waals surface area contributed by atoms with Gasteiger partial charge in [-0.3, -0.25) is 9.19 Å². The number of nitrogens with zero attached hydrogens (tertiary/aromatic N) is 1. The van der Waals surface area contributed by atoms with Crippen LogP contribution in [0.3, 0.4) is 0 Å². The van der Waals surface area contributed by atoms with Gasteiger partial charge >= 0.3 is 7.12 Å². The fourth-order valence-electron chi connectivity index (χ4n) is 1.92. The van der Waals surface area contributed by atoms with Crippen molar-refractivity contribution in [2.45, 2.75) is 50.7 Å². The first-order chi connectivity index (χ1) is 8.64. The van der Waals surface area contributed by atoms with E-state index in [9.17, 15) is 4.21 Å². The third kappa shape index (κ3) is 2.62. The minimum atomic E-state index is -1.02. The Morgan fingerprint density at radius 3 is 2.16 bits per heavy atom. The lowest BCUT2D eigenvalue weighted by Gasteiger charge is -2.32. The molecule has 1 aliphatic heterocycles. The highest BCUT2D eigenvalue weighted by molar-refractivity contribution is 7.84. The van der Waals surface area contributed by atoms with Crippen LogP contribution in [-0.2, 0) is 20.1 Å². The molecule has 104 valence electrons. The van der Waals surface area contributed by atoms with Crippen molar-refractivity contribution in [2.24, 2.45) is 0 Å². The zero-order chi connectivity index (χ0) is 14.4. The number of aryl methyl sites for hydroxylation is 1. The molecule has 0 radical (unpaired) electrons. The average Bonchev–Trinajstić information content (AvgIpc) is 2.47. The summed E-state index contributed by atoms with van der Waals surface area (Å²) < 4.78 is 23.4. The van der Waals surface area contributed by atoms with Crippen LogP contribution in [0.15, 0.2) is 17.2 Å². The second-order valence-corrected chi connectivity index (χ2v) is 7.30. The molecule has 1 unspecified atom stereocenters. The summed E-state index contributed by atoms with van der Waals surface area (Å²) in [5.41, 5.74) is 0.940. The summed E-state index contributed by atoms with van der Waals surface area (Å²) in [7, 11) is -1.49. The molecule has 0 aliphatic carbocycles. The van der Waals surface area contributed by atoms with Crippen molar-refractivity contribution >= 4 is 23.5 Å². The van der Waals surface area contributed by atoms with Crippen LogP contribution in [0.1, 0.15) is 33.3 Å². The highest BCUT2D eigenvalue weighted by Crippen LogP contribution is 2.36. The SMILES string of the molecule is Cc1cc(S(C)=O)cnc1B1OC(C)(C)C(C)(C)O1. The second kappa shape index (κ2) is 4.68. The van der Waals surface area contributed by atoms with E-state index in [-0.39, 0.29) is 11.2 Å². The van der Waals surface area contributed by atoms with Gasteiger partial charge in [-0.05, 0) is 46.2 Å². The predicted octanol–water partition coefficient (Wildman–Crippen LogP) is 1.43. The Hall–Kier alpha value is -0.715. The molecular formula is C13H20BNO3S. The Bertz CT molecular complexity index is 515. The van der Waals surface area contributed by atoms with Crippen LogP contribution in [0.4, 0.5) is 0 Å². The second-order valence-electron chi connectivity index (χ2n) is 5.92. The molecule has 0 bridgehead atoms. The van der Waals surface area contributed by atoms with E-state index in [1.807, 2.05) is 40.7 Å². The van der Waals surface area contributed by atoms with Crippen LogP contribution in [-0.4, -0.2) is 33.8 Å². The normalized spacial score (nSPS) is 22.5. The Kier molecular flexibility index (Phi) is 3.62. The van der Waals surface area contributed by atoms with Crippen molar-refractivity contribution < 1.29 is 13.5 Å². The summed E-state index contributed by atoms with van der Waals surface area (Å²) in [6, 6.07) is 1.88. The van der Waals surface area contributed by atoms with Gasteiger partial charge in [0.2, 0.25) is 0 Å². The van der Waals surface area contributed by atoms with Crippen molar-refractivity contribution in [2.75, 3.05) is 6.26 Å². The van der Waals surface area contributed by atoms with Crippen LogP contribution in [0.5, 0.6) is 0 Å². The van der Waals surface area contributed by atoms with Crippen LogP contribution in [0.25, 0.3) is 0 Å². The maximum Gasteiger partial charge on any atom is 0.514 e. The molecule has 1 saturated heterocycles. The molecule has 0 amide bonds. The summed E-state index contributed by atoms with van der Waals surface area (Å²) in [4.78, 5) is 5.09. The number of pyridine rings is 1. The van der Waals surface area contributed by atoms with Crippen molar-refractivity contribution in [3.63, 3.8) is 0 Å². The molecule has 2 rings (SSSR count). The molecule has 1 aliphatic rings. The van der Waals surface area contributed by atoms with Gasteiger partial charge in [0.25, 0.3) is 0 Å². The first-order valence-electron chi connectivity index (χ1n) is 6.30. The third-order valence-corrected chi connectivity index (χ3v) is 4.79. The van der Waals surface area contributed by atoms with E-state index in [2.05, 4.69) is 4.98 Å². The third-order valence-electron chi connectivity index (χ3n) is 3.90. The van der Waals surface area contributed by atoms with Crippen LogP contribution < -0.4 is 5.59 Å². The minimum absolute atomic E-state index is 0.377. The molecule has 1 aromatic rings. The lowest BCUT2D eigenvalue weighted by atomic mass is 9.81. The quantitative estimate of drug-likeness (QED) is 0.769. The summed E-state index contributed by atoms with van der Waals surface area (Å²) in [5, 5.41) is 0. The first-order valence-corrected chi connectivity index (χ1v) is 7.85. The molecule has 0 N–H and O–H groups in total. The molecule has 19 heavy (non-hydrogen) atoms. The van der Waals surface area contributed by atoms with E-state index >= 15 is 0 Å². The van der Waals surface area contributed by atoms with Crippen LogP contribution in [0, 0.1) is 6.92 Å². The summed E-state index contributed by atoms with van der Waals surface area (Å²) in [6.07, 6.45) is 3.27. The largest absolute Gasteiger partial charge is 0.514 e. The number of hydrogen-bond acceptors (Lipinski definition) is 4. The van der Waals surface area contributed by atoms with Gasteiger partial charge in [0.05, 0.1) is 32.5 Å². The smallest absolute Gasteiger partial charge is 0.398 e. The summed E-state index contributed by atoms with van der Waals surface area (Å²) >= 11 is 0. The van der Waals surface area contributed by atoms with Gasteiger partial charge in [-0.25, -0.2) is 0 Å². The van der Waals surface area contributed by atoms with Crippen LogP contribution >= 0.6 is 0 Å². The highest BCUT2D eigenvalue weighted by Gasteiger charge is 2.52. The number of rotatable bonds is 2. The molecule has 4 nitrogen and oxygen atoms in total. The van der Waals surface area contributed by atoms with E-state index in [1.54, 1.807) is 12.5 Å². The van der Waals surface area contributed by atoms with Crippen molar-refractivity contribution in [1.82, 2.24) is 4.98 Å². The Labute approximate surface area is 117 Å². The topological polar surface area (TPSA) is 48.4 Å². The van der Waals surface area contributed by atoms with Crippen molar-refractivity contribution in [1.29, 1.82) is 0 Å². The number of hydrogen-bond donors (Lipinski definition) is 0. The zero-order valence-corrected chi connectivity index (χ0v) is 13.1. The predicted molar refractivity (Wildman–Crippen MR) is 77.0 cm³/mol. The lowest BCUT2D eigenvalue weighted by Crippen LogP contribution is -2.41. The molecule has 0 aromatic carbocycles. The minimum Gasteiger partial charge on any atom is -0.398 e. The zero-order valence-electron chi connectivity index (χ0n) is 12.3. The van der Waals surface area contributed by atoms with E-state index in [4.69, 9.17) is 9.31 Å². The van der Waals surface area contributed by atoms with Gasteiger partial charge in [0.1, 0.15) is 0 Å². The molecule has 1 atom stereocenters. The molecule has 1 aromatic heterocycles. The van der Waals surface area contributed by atoms with Crippen LogP contribution in [0.2, 0.25) is 0 Å². The fourth-order valence-corrected chi connectivity index (χ4v) is 2.46. The van der Waals surface area contributed by atoms with Gasteiger partial charge in [-0.2, -0.15) is 0 Å². The molecular weight excluding hydrogens is 261 g/mol.